The molecule has 138 valence electrons. The summed E-state index contributed by atoms with van der Waals surface area (Å²) >= 11 is 0. The highest BCUT2D eigenvalue weighted by molar-refractivity contribution is 6.10. The SMILES string of the molecule is CC(=O)C(N=Nc1cccc(C(N)=O)c1)C(=O)Nc1cccc([N+](=O)[O-])c1. The molecule has 2 aromatic carbocycles. The normalized spacial score (nSPS) is 11.7. The number of nitrogens with two attached hydrogens (primary N) is 1. The van der Waals surface area contributed by atoms with Gasteiger partial charge in [0.25, 0.3) is 11.6 Å². The van der Waals surface area contributed by atoms with Crippen molar-refractivity contribution in [2.24, 2.45) is 16.0 Å². The van der Waals surface area contributed by atoms with Gasteiger partial charge >= 0.3 is 0 Å². The lowest BCUT2D eigenvalue weighted by atomic mass is 10.2. The summed E-state index contributed by atoms with van der Waals surface area (Å²) < 4.78 is 0. The number of benzene rings is 2. The smallest absolute Gasteiger partial charge is 0.271 e. The number of azo groups is 1. The number of ketones is 1. The van der Waals surface area contributed by atoms with Crippen LogP contribution >= 0.6 is 0 Å². The molecular formula is C17H15N5O5. The second-order valence-electron chi connectivity index (χ2n) is 5.44. The van der Waals surface area contributed by atoms with E-state index in [1.807, 2.05) is 0 Å². The minimum atomic E-state index is -1.46. The number of primary amides is 1. The number of anilines is 1. The van der Waals surface area contributed by atoms with Crippen LogP contribution < -0.4 is 11.1 Å². The molecule has 10 heteroatoms. The van der Waals surface area contributed by atoms with Gasteiger partial charge in [-0.05, 0) is 31.2 Å². The van der Waals surface area contributed by atoms with E-state index in [0.29, 0.717) is 0 Å². The monoisotopic (exact) mass is 369 g/mol. The first kappa shape index (κ1) is 19.4. The van der Waals surface area contributed by atoms with Crippen molar-refractivity contribution in [3.63, 3.8) is 0 Å². The highest BCUT2D eigenvalue weighted by Gasteiger charge is 2.23. The summed E-state index contributed by atoms with van der Waals surface area (Å²) in [5.41, 5.74) is 5.55. The molecule has 2 rings (SSSR count). The maximum Gasteiger partial charge on any atom is 0.271 e. The Labute approximate surface area is 153 Å². The minimum Gasteiger partial charge on any atom is -0.366 e. The van der Waals surface area contributed by atoms with Crippen LogP contribution in [0.1, 0.15) is 17.3 Å². The molecule has 0 spiro atoms. The number of non-ortho nitro benzene ring substituents is 1. The highest BCUT2D eigenvalue weighted by atomic mass is 16.6. The number of carbonyl (C=O) groups excluding carboxylic acids is 3. The Morgan fingerprint density at radius 3 is 2.48 bits per heavy atom. The predicted molar refractivity (Wildman–Crippen MR) is 95.7 cm³/mol. The van der Waals surface area contributed by atoms with E-state index < -0.39 is 28.6 Å². The summed E-state index contributed by atoms with van der Waals surface area (Å²) in [5, 5.41) is 20.7. The lowest BCUT2D eigenvalue weighted by Crippen LogP contribution is -2.31. The van der Waals surface area contributed by atoms with Gasteiger partial charge in [-0.3, -0.25) is 24.5 Å². The lowest BCUT2D eigenvalue weighted by molar-refractivity contribution is -0.384. The van der Waals surface area contributed by atoms with Gasteiger partial charge in [-0.1, -0.05) is 12.1 Å². The maximum absolute atomic E-state index is 12.3. The van der Waals surface area contributed by atoms with Crippen LogP contribution in [-0.2, 0) is 9.59 Å². The van der Waals surface area contributed by atoms with Gasteiger partial charge in [0.2, 0.25) is 11.9 Å². The van der Waals surface area contributed by atoms with Crippen molar-refractivity contribution >= 4 is 34.7 Å². The fourth-order valence-corrected chi connectivity index (χ4v) is 2.07. The van der Waals surface area contributed by atoms with Crippen molar-refractivity contribution in [2.45, 2.75) is 13.0 Å². The third kappa shape index (κ3) is 5.26. The molecule has 0 saturated heterocycles. The molecule has 0 bridgehead atoms. The summed E-state index contributed by atoms with van der Waals surface area (Å²) in [4.78, 5) is 45.4. The van der Waals surface area contributed by atoms with Crippen LogP contribution in [0.25, 0.3) is 0 Å². The Kier molecular flexibility index (Phi) is 6.05. The van der Waals surface area contributed by atoms with Crippen LogP contribution in [0.2, 0.25) is 0 Å². The van der Waals surface area contributed by atoms with Gasteiger partial charge in [-0.15, -0.1) is 0 Å². The van der Waals surface area contributed by atoms with E-state index in [2.05, 4.69) is 15.5 Å². The van der Waals surface area contributed by atoms with Gasteiger partial charge in [-0.25, -0.2) is 0 Å². The number of nitrogens with one attached hydrogen (secondary N) is 1. The Morgan fingerprint density at radius 2 is 1.85 bits per heavy atom. The number of nitro groups is 1. The zero-order chi connectivity index (χ0) is 20.0. The number of Topliss-reactive ketones (excluding diaryl/α,β-unsaturated/α-hetero) is 1. The molecule has 0 saturated carbocycles. The van der Waals surface area contributed by atoms with Crippen molar-refractivity contribution in [2.75, 3.05) is 5.32 Å². The molecule has 0 aliphatic rings. The van der Waals surface area contributed by atoms with Crippen molar-refractivity contribution in [1.29, 1.82) is 0 Å². The molecule has 0 aliphatic carbocycles. The van der Waals surface area contributed by atoms with Gasteiger partial charge in [0.05, 0.1) is 10.6 Å². The molecule has 10 nitrogen and oxygen atoms in total. The number of rotatable bonds is 7. The summed E-state index contributed by atoms with van der Waals surface area (Å²) in [6.45, 7) is 1.16. The van der Waals surface area contributed by atoms with E-state index in [-0.39, 0.29) is 22.6 Å². The standard InChI is InChI=1S/C17H15N5O5/c1-10(23)15(21-20-13-6-2-4-11(8-13)16(18)24)17(25)19-12-5-3-7-14(9-12)22(26)27/h2-9,15H,1H3,(H2,18,24)(H,19,25). The van der Waals surface area contributed by atoms with Crippen molar-refractivity contribution in [3.05, 3.63) is 64.2 Å². The summed E-state index contributed by atoms with van der Waals surface area (Å²) in [6, 6.07) is 9.70. The van der Waals surface area contributed by atoms with E-state index in [0.717, 1.165) is 13.0 Å². The zero-order valence-electron chi connectivity index (χ0n) is 14.2. The quantitative estimate of drug-likeness (QED) is 0.331. The molecule has 1 unspecified atom stereocenters. The fourth-order valence-electron chi connectivity index (χ4n) is 2.07. The molecule has 2 aromatic rings. The number of carbonyl (C=O) groups is 3. The Bertz CT molecular complexity index is 941. The predicted octanol–water partition coefficient (Wildman–Crippen LogP) is 2.37. The third-order valence-electron chi connectivity index (χ3n) is 3.38. The molecule has 0 aliphatic heterocycles. The van der Waals surface area contributed by atoms with Crippen LogP contribution in [0.15, 0.2) is 58.8 Å². The number of hydrogen-bond acceptors (Lipinski definition) is 7. The molecule has 3 N–H and O–H groups in total. The van der Waals surface area contributed by atoms with Crippen LogP contribution in [0.5, 0.6) is 0 Å². The second-order valence-corrected chi connectivity index (χ2v) is 5.44. The Morgan fingerprint density at radius 1 is 1.15 bits per heavy atom. The number of hydrogen-bond donors (Lipinski definition) is 2. The Balaban J connectivity index is 2.19. The van der Waals surface area contributed by atoms with E-state index in [1.54, 1.807) is 0 Å². The maximum atomic E-state index is 12.3. The number of nitrogens with zero attached hydrogens (tertiary/aromatic N) is 3. The van der Waals surface area contributed by atoms with Crippen LogP contribution in [0.4, 0.5) is 17.1 Å². The Hall–Kier alpha value is -3.95. The van der Waals surface area contributed by atoms with Crippen LogP contribution in [-0.4, -0.2) is 28.6 Å². The summed E-state index contributed by atoms with van der Waals surface area (Å²) in [7, 11) is 0. The van der Waals surface area contributed by atoms with E-state index in [9.17, 15) is 24.5 Å². The third-order valence-corrected chi connectivity index (χ3v) is 3.38. The molecule has 27 heavy (non-hydrogen) atoms. The van der Waals surface area contributed by atoms with Gasteiger partial charge in [0.15, 0.2) is 5.78 Å². The summed E-state index contributed by atoms with van der Waals surface area (Å²) in [5.74, 6) is -2.02. The summed E-state index contributed by atoms with van der Waals surface area (Å²) in [6.07, 6.45) is 0. The lowest BCUT2D eigenvalue weighted by Gasteiger charge is -2.09. The van der Waals surface area contributed by atoms with E-state index in [4.69, 9.17) is 5.73 Å². The van der Waals surface area contributed by atoms with Gasteiger partial charge < -0.3 is 11.1 Å². The zero-order valence-corrected chi connectivity index (χ0v) is 14.2. The minimum absolute atomic E-state index is 0.145. The molecule has 0 radical (unpaired) electrons. The van der Waals surface area contributed by atoms with Gasteiger partial charge in [0.1, 0.15) is 0 Å². The molecule has 2 amide bonds. The number of nitro benzene ring substituents is 1. The molecular weight excluding hydrogens is 354 g/mol. The first-order chi connectivity index (χ1) is 12.8. The molecule has 0 aromatic heterocycles. The van der Waals surface area contributed by atoms with Gasteiger partial charge in [-0.2, -0.15) is 10.2 Å². The largest absolute Gasteiger partial charge is 0.366 e. The fraction of sp³-hybridized carbons (Fsp3) is 0.118. The molecule has 0 heterocycles. The molecule has 1 atom stereocenters. The van der Waals surface area contributed by atoms with Crippen molar-refractivity contribution in [1.82, 2.24) is 0 Å². The van der Waals surface area contributed by atoms with E-state index >= 15 is 0 Å². The van der Waals surface area contributed by atoms with Crippen molar-refractivity contribution < 1.29 is 19.3 Å². The second kappa shape index (κ2) is 8.43. The average molecular weight is 369 g/mol. The van der Waals surface area contributed by atoms with Crippen LogP contribution in [0, 0.1) is 10.1 Å². The first-order valence-corrected chi connectivity index (χ1v) is 7.64. The van der Waals surface area contributed by atoms with E-state index in [1.165, 1.54) is 42.5 Å². The number of amides is 2. The topological polar surface area (TPSA) is 157 Å². The average Bonchev–Trinajstić information content (AvgIpc) is 2.62. The molecule has 0 fully saturated rings. The highest BCUT2D eigenvalue weighted by Crippen LogP contribution is 2.19. The van der Waals surface area contributed by atoms with Crippen LogP contribution in [0.3, 0.4) is 0 Å². The van der Waals surface area contributed by atoms with Crippen molar-refractivity contribution in [3.8, 4) is 0 Å². The first-order valence-electron chi connectivity index (χ1n) is 7.64. The van der Waals surface area contributed by atoms with Gasteiger partial charge in [0, 0.05) is 23.4 Å².